The van der Waals surface area contributed by atoms with Crippen molar-refractivity contribution < 1.29 is 13.9 Å². The Labute approximate surface area is 125 Å². The molecule has 0 unspecified atom stereocenters. The van der Waals surface area contributed by atoms with Crippen LogP contribution in [0.5, 0.6) is 0 Å². The van der Waals surface area contributed by atoms with E-state index in [9.17, 15) is 9.18 Å². The Balaban J connectivity index is 1.70. The lowest BCUT2D eigenvalue weighted by atomic mass is 9.94. The van der Waals surface area contributed by atoms with Crippen LogP contribution in [0.15, 0.2) is 24.3 Å². The third-order valence-electron chi connectivity index (χ3n) is 4.60. The number of likely N-dealkylation sites (tertiary alicyclic amines) is 1. The molecule has 0 saturated carbocycles. The summed E-state index contributed by atoms with van der Waals surface area (Å²) in [5.74, 6) is 0.390. The Morgan fingerprint density at radius 1 is 1.19 bits per heavy atom. The minimum atomic E-state index is -0.205. The third-order valence-corrected chi connectivity index (χ3v) is 4.60. The van der Waals surface area contributed by atoms with Crippen LogP contribution in [-0.4, -0.2) is 37.1 Å². The zero-order valence-electron chi connectivity index (χ0n) is 12.3. The molecule has 21 heavy (non-hydrogen) atoms. The predicted octanol–water partition coefficient (Wildman–Crippen LogP) is 2.96. The van der Waals surface area contributed by atoms with Gasteiger partial charge in [0.15, 0.2) is 0 Å². The molecule has 4 heteroatoms. The van der Waals surface area contributed by atoms with Crippen molar-refractivity contribution in [1.82, 2.24) is 4.90 Å². The minimum Gasteiger partial charge on any atom is -0.381 e. The molecule has 0 spiro atoms. The predicted molar refractivity (Wildman–Crippen MR) is 78.5 cm³/mol. The summed E-state index contributed by atoms with van der Waals surface area (Å²) < 4.78 is 18.4. The van der Waals surface area contributed by atoms with Crippen LogP contribution in [0.4, 0.5) is 4.39 Å². The van der Waals surface area contributed by atoms with E-state index in [4.69, 9.17) is 4.74 Å². The maximum Gasteiger partial charge on any atom is 0.228 e. The van der Waals surface area contributed by atoms with Gasteiger partial charge in [0, 0.05) is 25.6 Å². The molecule has 1 aromatic rings. The average molecular weight is 291 g/mol. The van der Waals surface area contributed by atoms with Crippen molar-refractivity contribution in [2.24, 2.45) is 5.92 Å². The van der Waals surface area contributed by atoms with Crippen LogP contribution in [0.1, 0.15) is 37.2 Å². The molecule has 114 valence electrons. The van der Waals surface area contributed by atoms with Crippen molar-refractivity contribution in [2.45, 2.75) is 31.6 Å². The maximum absolute atomic E-state index is 13.1. The monoisotopic (exact) mass is 291 g/mol. The molecular weight excluding hydrogens is 269 g/mol. The summed E-state index contributed by atoms with van der Waals surface area (Å²) in [6, 6.07) is 6.73. The van der Waals surface area contributed by atoms with Gasteiger partial charge < -0.3 is 9.64 Å². The summed E-state index contributed by atoms with van der Waals surface area (Å²) in [4.78, 5) is 14.6. The molecule has 2 aliphatic rings. The standard InChI is InChI=1S/C17H22FNO2/c18-16-6-4-13(5-7-16)14-3-1-2-9-19(11-14)17(20)15-8-10-21-12-15/h4-7,14-15H,1-3,8-12H2/t14-,15+/m1/s1. The smallest absolute Gasteiger partial charge is 0.228 e. The van der Waals surface area contributed by atoms with Gasteiger partial charge in [-0.05, 0) is 37.0 Å². The first kappa shape index (κ1) is 14.5. The molecule has 2 fully saturated rings. The number of nitrogens with zero attached hydrogens (tertiary/aromatic N) is 1. The Morgan fingerprint density at radius 3 is 2.71 bits per heavy atom. The SMILES string of the molecule is O=C([C@H]1CCOC1)N1CCCC[C@@H](c2ccc(F)cc2)C1. The van der Waals surface area contributed by atoms with Crippen molar-refractivity contribution in [3.8, 4) is 0 Å². The summed E-state index contributed by atoms with van der Waals surface area (Å²) in [7, 11) is 0. The van der Waals surface area contributed by atoms with Gasteiger partial charge in [-0.15, -0.1) is 0 Å². The van der Waals surface area contributed by atoms with Crippen LogP contribution in [0, 0.1) is 11.7 Å². The molecule has 2 atom stereocenters. The lowest BCUT2D eigenvalue weighted by Crippen LogP contribution is -2.38. The number of benzene rings is 1. The highest BCUT2D eigenvalue weighted by atomic mass is 19.1. The van der Waals surface area contributed by atoms with Gasteiger partial charge in [0.25, 0.3) is 0 Å². The van der Waals surface area contributed by atoms with Crippen LogP contribution in [-0.2, 0) is 9.53 Å². The highest BCUT2D eigenvalue weighted by Gasteiger charge is 2.30. The van der Waals surface area contributed by atoms with Crippen LogP contribution in [0.3, 0.4) is 0 Å². The average Bonchev–Trinajstić information content (AvgIpc) is 2.92. The van der Waals surface area contributed by atoms with E-state index < -0.39 is 0 Å². The normalized spacial score (nSPS) is 26.6. The fourth-order valence-corrected chi connectivity index (χ4v) is 3.34. The Bertz CT molecular complexity index is 482. The summed E-state index contributed by atoms with van der Waals surface area (Å²) >= 11 is 0. The van der Waals surface area contributed by atoms with Gasteiger partial charge >= 0.3 is 0 Å². The van der Waals surface area contributed by atoms with E-state index >= 15 is 0 Å². The number of carbonyl (C=O) groups excluding carboxylic acids is 1. The van der Waals surface area contributed by atoms with Crippen molar-refractivity contribution in [3.63, 3.8) is 0 Å². The van der Waals surface area contributed by atoms with Crippen molar-refractivity contribution in [1.29, 1.82) is 0 Å². The fourth-order valence-electron chi connectivity index (χ4n) is 3.34. The summed E-state index contributed by atoms with van der Waals surface area (Å²) in [6.45, 7) is 2.86. The van der Waals surface area contributed by atoms with Gasteiger partial charge in [-0.25, -0.2) is 4.39 Å². The van der Waals surface area contributed by atoms with Gasteiger partial charge in [0.1, 0.15) is 5.82 Å². The van der Waals surface area contributed by atoms with E-state index in [-0.39, 0.29) is 17.6 Å². The maximum atomic E-state index is 13.1. The van der Waals surface area contributed by atoms with Gasteiger partial charge in [-0.2, -0.15) is 0 Å². The molecule has 2 heterocycles. The molecule has 3 nitrogen and oxygen atoms in total. The molecule has 2 aliphatic heterocycles. The minimum absolute atomic E-state index is 0.0389. The lowest BCUT2D eigenvalue weighted by molar-refractivity contribution is -0.135. The second-order valence-electron chi connectivity index (χ2n) is 6.09. The molecule has 1 aromatic carbocycles. The first-order chi connectivity index (χ1) is 10.2. The van der Waals surface area contributed by atoms with Crippen LogP contribution >= 0.6 is 0 Å². The van der Waals surface area contributed by atoms with Gasteiger partial charge in [-0.1, -0.05) is 18.6 Å². The number of hydrogen-bond donors (Lipinski definition) is 0. The molecule has 3 rings (SSSR count). The highest BCUT2D eigenvalue weighted by Crippen LogP contribution is 2.28. The molecule has 0 aliphatic carbocycles. The van der Waals surface area contributed by atoms with E-state index in [0.29, 0.717) is 19.1 Å². The summed E-state index contributed by atoms with van der Waals surface area (Å²) in [5.41, 5.74) is 1.14. The Kier molecular flexibility index (Phi) is 4.54. The quantitative estimate of drug-likeness (QED) is 0.838. The zero-order valence-corrected chi connectivity index (χ0v) is 12.3. The van der Waals surface area contributed by atoms with E-state index in [0.717, 1.165) is 44.3 Å². The molecule has 2 saturated heterocycles. The summed E-state index contributed by atoms with van der Waals surface area (Å²) in [6.07, 6.45) is 4.08. The van der Waals surface area contributed by atoms with E-state index in [1.165, 1.54) is 12.1 Å². The number of rotatable bonds is 2. The molecule has 0 bridgehead atoms. The number of carbonyl (C=O) groups is 1. The summed E-state index contributed by atoms with van der Waals surface area (Å²) in [5, 5.41) is 0. The van der Waals surface area contributed by atoms with Gasteiger partial charge in [0.05, 0.1) is 12.5 Å². The fraction of sp³-hybridized carbons (Fsp3) is 0.588. The van der Waals surface area contributed by atoms with Crippen molar-refractivity contribution in [2.75, 3.05) is 26.3 Å². The second-order valence-corrected chi connectivity index (χ2v) is 6.09. The second kappa shape index (κ2) is 6.56. The van der Waals surface area contributed by atoms with Crippen molar-refractivity contribution in [3.05, 3.63) is 35.6 Å². The number of halogens is 1. The largest absolute Gasteiger partial charge is 0.381 e. The van der Waals surface area contributed by atoms with Crippen molar-refractivity contribution >= 4 is 5.91 Å². The first-order valence-corrected chi connectivity index (χ1v) is 7.86. The van der Waals surface area contributed by atoms with Crippen LogP contribution < -0.4 is 0 Å². The molecule has 0 radical (unpaired) electrons. The number of amides is 1. The third kappa shape index (κ3) is 3.43. The Hall–Kier alpha value is -1.42. The zero-order chi connectivity index (χ0) is 14.7. The van der Waals surface area contributed by atoms with Gasteiger partial charge in [-0.3, -0.25) is 4.79 Å². The van der Waals surface area contributed by atoms with Crippen LogP contribution in [0.25, 0.3) is 0 Å². The highest BCUT2D eigenvalue weighted by molar-refractivity contribution is 5.79. The number of hydrogen-bond acceptors (Lipinski definition) is 2. The van der Waals surface area contributed by atoms with Crippen LogP contribution in [0.2, 0.25) is 0 Å². The van der Waals surface area contributed by atoms with E-state index in [2.05, 4.69) is 0 Å². The molecular formula is C17H22FNO2. The molecule has 0 aromatic heterocycles. The van der Waals surface area contributed by atoms with Gasteiger partial charge in [0.2, 0.25) is 5.91 Å². The molecule has 0 N–H and O–H groups in total. The molecule has 1 amide bonds. The lowest BCUT2D eigenvalue weighted by Gasteiger charge is -2.27. The number of ether oxygens (including phenoxy) is 1. The Morgan fingerprint density at radius 2 is 2.00 bits per heavy atom. The van der Waals surface area contributed by atoms with E-state index in [1.807, 2.05) is 17.0 Å². The van der Waals surface area contributed by atoms with E-state index in [1.54, 1.807) is 0 Å². The topological polar surface area (TPSA) is 29.5 Å². The first-order valence-electron chi connectivity index (χ1n) is 7.86.